The lowest BCUT2D eigenvalue weighted by atomic mass is 10.1. The van der Waals surface area contributed by atoms with Crippen LogP contribution in [0, 0.1) is 10.1 Å². The SMILES string of the molecule is CN(C)c1nc(N2CCCCC2)ncc1NC(=O)c1ccc([N+](=O)[O-])cc1. The Kier molecular flexibility index (Phi) is 5.49. The predicted octanol–water partition coefficient (Wildman–Crippen LogP) is 2.69. The van der Waals surface area contributed by atoms with Crippen molar-refractivity contribution >= 4 is 29.0 Å². The molecular formula is C18H22N6O3. The molecule has 0 spiro atoms. The molecule has 0 bridgehead atoms. The molecule has 0 radical (unpaired) electrons. The van der Waals surface area contributed by atoms with E-state index < -0.39 is 4.92 Å². The van der Waals surface area contributed by atoms with Gasteiger partial charge in [0.25, 0.3) is 11.6 Å². The largest absolute Gasteiger partial charge is 0.361 e. The fourth-order valence-corrected chi connectivity index (χ4v) is 2.97. The number of rotatable bonds is 5. The summed E-state index contributed by atoms with van der Waals surface area (Å²) in [7, 11) is 3.70. The summed E-state index contributed by atoms with van der Waals surface area (Å²) < 4.78 is 0. The molecule has 3 rings (SSSR count). The van der Waals surface area contributed by atoms with Crippen LogP contribution < -0.4 is 15.1 Å². The van der Waals surface area contributed by atoms with Crippen molar-refractivity contribution in [2.75, 3.05) is 42.3 Å². The van der Waals surface area contributed by atoms with Gasteiger partial charge >= 0.3 is 0 Å². The van der Waals surface area contributed by atoms with Crippen molar-refractivity contribution < 1.29 is 9.72 Å². The zero-order valence-electron chi connectivity index (χ0n) is 15.4. The van der Waals surface area contributed by atoms with Crippen molar-refractivity contribution in [3.63, 3.8) is 0 Å². The Balaban J connectivity index is 1.80. The zero-order chi connectivity index (χ0) is 19.4. The van der Waals surface area contributed by atoms with Crippen molar-refractivity contribution in [1.29, 1.82) is 0 Å². The van der Waals surface area contributed by atoms with E-state index in [0.717, 1.165) is 25.9 Å². The molecule has 27 heavy (non-hydrogen) atoms. The van der Waals surface area contributed by atoms with Crippen LogP contribution in [0.2, 0.25) is 0 Å². The van der Waals surface area contributed by atoms with Crippen molar-refractivity contribution in [2.45, 2.75) is 19.3 Å². The average Bonchev–Trinajstić information content (AvgIpc) is 2.68. The number of nitrogens with zero attached hydrogens (tertiary/aromatic N) is 5. The van der Waals surface area contributed by atoms with Gasteiger partial charge in [0.2, 0.25) is 5.95 Å². The Bertz CT molecular complexity index is 831. The van der Waals surface area contributed by atoms with Gasteiger partial charge in [0.05, 0.1) is 11.1 Å². The van der Waals surface area contributed by atoms with Gasteiger partial charge in [0.15, 0.2) is 5.82 Å². The molecule has 1 aliphatic heterocycles. The first kappa shape index (κ1) is 18.6. The molecule has 1 aromatic carbocycles. The lowest BCUT2D eigenvalue weighted by Gasteiger charge is -2.28. The number of carbonyl (C=O) groups excluding carboxylic acids is 1. The van der Waals surface area contributed by atoms with E-state index in [1.807, 2.05) is 19.0 Å². The number of hydrogen-bond acceptors (Lipinski definition) is 7. The van der Waals surface area contributed by atoms with Crippen LogP contribution in [0.1, 0.15) is 29.6 Å². The summed E-state index contributed by atoms with van der Waals surface area (Å²) >= 11 is 0. The van der Waals surface area contributed by atoms with Crippen LogP contribution in [-0.2, 0) is 0 Å². The molecular weight excluding hydrogens is 348 g/mol. The van der Waals surface area contributed by atoms with Crippen molar-refractivity contribution in [3.8, 4) is 0 Å². The predicted molar refractivity (Wildman–Crippen MR) is 103 cm³/mol. The Hall–Kier alpha value is -3.23. The van der Waals surface area contributed by atoms with E-state index in [2.05, 4.69) is 20.2 Å². The van der Waals surface area contributed by atoms with Crippen LogP contribution in [0.3, 0.4) is 0 Å². The Morgan fingerprint density at radius 2 is 1.85 bits per heavy atom. The first-order valence-electron chi connectivity index (χ1n) is 8.81. The molecule has 1 aliphatic rings. The minimum atomic E-state index is -0.501. The molecule has 1 saturated heterocycles. The van der Waals surface area contributed by atoms with Gasteiger partial charge in [0, 0.05) is 44.9 Å². The molecule has 0 saturated carbocycles. The Morgan fingerprint density at radius 1 is 1.19 bits per heavy atom. The highest BCUT2D eigenvalue weighted by atomic mass is 16.6. The lowest BCUT2D eigenvalue weighted by Crippen LogP contribution is -2.31. The van der Waals surface area contributed by atoms with Gasteiger partial charge in [-0.25, -0.2) is 4.98 Å². The average molecular weight is 370 g/mol. The standard InChI is InChI=1S/C18H22N6O3/c1-22(2)16-15(12-19-18(21-16)23-10-4-3-5-11-23)20-17(25)13-6-8-14(9-7-13)24(26)27/h6-9,12H,3-5,10-11H2,1-2H3,(H,20,25). The highest BCUT2D eigenvalue weighted by Gasteiger charge is 2.18. The molecule has 2 heterocycles. The maximum atomic E-state index is 12.5. The maximum Gasteiger partial charge on any atom is 0.269 e. The number of amides is 1. The number of anilines is 3. The van der Waals surface area contributed by atoms with E-state index in [1.165, 1.54) is 30.7 Å². The summed E-state index contributed by atoms with van der Waals surface area (Å²) in [6, 6.07) is 5.45. The third kappa shape index (κ3) is 4.30. The van der Waals surface area contributed by atoms with Crippen LogP contribution in [0.4, 0.5) is 23.1 Å². The first-order valence-corrected chi connectivity index (χ1v) is 8.81. The monoisotopic (exact) mass is 370 g/mol. The van der Waals surface area contributed by atoms with Gasteiger partial charge in [-0.1, -0.05) is 0 Å². The van der Waals surface area contributed by atoms with Crippen LogP contribution >= 0.6 is 0 Å². The van der Waals surface area contributed by atoms with Gasteiger partial charge in [-0.2, -0.15) is 4.98 Å². The van der Waals surface area contributed by atoms with Crippen LogP contribution in [0.15, 0.2) is 30.5 Å². The number of nitro groups is 1. The number of nitrogens with one attached hydrogen (secondary N) is 1. The quantitative estimate of drug-likeness (QED) is 0.637. The normalized spacial score (nSPS) is 13.9. The van der Waals surface area contributed by atoms with E-state index in [9.17, 15) is 14.9 Å². The van der Waals surface area contributed by atoms with Crippen LogP contribution in [0.25, 0.3) is 0 Å². The molecule has 1 amide bonds. The molecule has 1 aromatic heterocycles. The summed E-state index contributed by atoms with van der Waals surface area (Å²) in [6.07, 6.45) is 5.08. The van der Waals surface area contributed by atoms with Gasteiger partial charge in [-0.3, -0.25) is 14.9 Å². The molecule has 2 aromatic rings. The van der Waals surface area contributed by atoms with E-state index in [1.54, 1.807) is 6.20 Å². The highest BCUT2D eigenvalue weighted by molar-refractivity contribution is 6.05. The zero-order valence-corrected chi connectivity index (χ0v) is 15.4. The Morgan fingerprint density at radius 3 is 2.44 bits per heavy atom. The van der Waals surface area contributed by atoms with Crippen LogP contribution in [0.5, 0.6) is 0 Å². The van der Waals surface area contributed by atoms with Gasteiger partial charge in [0.1, 0.15) is 5.69 Å². The van der Waals surface area contributed by atoms with Gasteiger partial charge in [-0.15, -0.1) is 0 Å². The lowest BCUT2D eigenvalue weighted by molar-refractivity contribution is -0.384. The molecule has 142 valence electrons. The molecule has 0 unspecified atom stereocenters. The summed E-state index contributed by atoms with van der Waals surface area (Å²) in [5, 5.41) is 13.5. The molecule has 1 N–H and O–H groups in total. The maximum absolute atomic E-state index is 12.5. The number of aromatic nitrogens is 2. The van der Waals surface area contributed by atoms with Crippen LogP contribution in [-0.4, -0.2) is 48.0 Å². The highest BCUT2D eigenvalue weighted by Crippen LogP contribution is 2.26. The minimum absolute atomic E-state index is 0.0604. The molecule has 9 nitrogen and oxygen atoms in total. The second-order valence-corrected chi connectivity index (χ2v) is 6.61. The summed E-state index contributed by atoms with van der Waals surface area (Å²) in [4.78, 5) is 35.7. The third-order valence-corrected chi connectivity index (χ3v) is 4.41. The van der Waals surface area contributed by atoms with E-state index in [-0.39, 0.29) is 11.6 Å². The van der Waals surface area contributed by atoms with Crippen molar-refractivity contribution in [1.82, 2.24) is 9.97 Å². The second kappa shape index (κ2) is 7.98. The fourth-order valence-electron chi connectivity index (χ4n) is 2.97. The third-order valence-electron chi connectivity index (χ3n) is 4.41. The van der Waals surface area contributed by atoms with Gasteiger partial charge < -0.3 is 15.1 Å². The number of benzene rings is 1. The van der Waals surface area contributed by atoms with Crippen molar-refractivity contribution in [3.05, 3.63) is 46.1 Å². The number of hydrogen-bond donors (Lipinski definition) is 1. The molecule has 0 atom stereocenters. The summed E-state index contributed by atoms with van der Waals surface area (Å²) in [6.45, 7) is 1.86. The summed E-state index contributed by atoms with van der Waals surface area (Å²) in [5.41, 5.74) is 0.754. The summed E-state index contributed by atoms with van der Waals surface area (Å²) in [5.74, 6) is 0.898. The number of non-ortho nitro benzene ring substituents is 1. The number of piperidine rings is 1. The molecule has 1 fully saturated rings. The van der Waals surface area contributed by atoms with Gasteiger partial charge in [-0.05, 0) is 31.4 Å². The first-order chi connectivity index (χ1) is 13.0. The number of carbonyl (C=O) groups is 1. The number of nitro benzene ring substituents is 1. The smallest absolute Gasteiger partial charge is 0.269 e. The topological polar surface area (TPSA) is 104 Å². The second-order valence-electron chi connectivity index (χ2n) is 6.61. The van der Waals surface area contributed by atoms with E-state index >= 15 is 0 Å². The molecule has 0 aliphatic carbocycles. The minimum Gasteiger partial charge on any atom is -0.361 e. The molecule has 9 heteroatoms. The Labute approximate surface area is 157 Å². The van der Waals surface area contributed by atoms with E-state index in [0.29, 0.717) is 23.0 Å². The van der Waals surface area contributed by atoms with E-state index in [4.69, 9.17) is 0 Å². The fraction of sp³-hybridized carbons (Fsp3) is 0.389. The van der Waals surface area contributed by atoms with Crippen molar-refractivity contribution in [2.24, 2.45) is 0 Å².